The third kappa shape index (κ3) is 2.26. The molecular weight excluding hydrogens is 244 g/mol. The van der Waals surface area contributed by atoms with Crippen molar-refractivity contribution in [1.29, 1.82) is 0 Å². The van der Waals surface area contributed by atoms with Gasteiger partial charge in [0.15, 0.2) is 0 Å². The molecular formula is C18H24N2. The second kappa shape index (κ2) is 5.25. The Balaban J connectivity index is 1.63. The van der Waals surface area contributed by atoms with Crippen LogP contribution in [-0.4, -0.2) is 18.1 Å². The number of aromatic amines is 1. The number of piperidine rings is 1. The van der Waals surface area contributed by atoms with Gasteiger partial charge in [-0.15, -0.1) is 0 Å². The van der Waals surface area contributed by atoms with Crippen molar-refractivity contribution < 1.29 is 0 Å². The van der Waals surface area contributed by atoms with Gasteiger partial charge < -0.3 is 10.3 Å². The second-order valence-corrected chi connectivity index (χ2v) is 6.57. The molecule has 0 bridgehead atoms. The maximum Gasteiger partial charge on any atom is 0.0459 e. The minimum absolute atomic E-state index is 0.878. The number of hydrogen-bond donors (Lipinski definition) is 2. The van der Waals surface area contributed by atoms with Gasteiger partial charge in [-0.3, -0.25) is 0 Å². The number of H-pyrrole nitrogens is 1. The summed E-state index contributed by atoms with van der Waals surface area (Å²) in [6, 6.07) is 7.12. The molecule has 2 aliphatic rings. The molecule has 1 aromatic carbocycles. The average molecular weight is 268 g/mol. The van der Waals surface area contributed by atoms with Crippen molar-refractivity contribution in [3.05, 3.63) is 35.0 Å². The quantitative estimate of drug-likeness (QED) is 0.856. The van der Waals surface area contributed by atoms with Gasteiger partial charge in [-0.05, 0) is 87.2 Å². The standard InChI is InChI=1S/C18H24N2/c1-2-4-17-15(3-1)16-12-14(5-6-18(16)20-17)11-13-7-9-19-10-8-13/h5-6,12-13,19-20H,1-4,7-11H2. The lowest BCUT2D eigenvalue weighted by Gasteiger charge is -2.22. The van der Waals surface area contributed by atoms with Gasteiger partial charge in [0.05, 0.1) is 0 Å². The first-order chi connectivity index (χ1) is 9.90. The molecule has 1 fully saturated rings. The molecule has 2 nitrogen and oxygen atoms in total. The summed E-state index contributed by atoms with van der Waals surface area (Å²) in [6.07, 6.45) is 9.16. The molecule has 1 aromatic heterocycles. The molecule has 0 atom stereocenters. The summed E-state index contributed by atoms with van der Waals surface area (Å²) in [6.45, 7) is 2.40. The van der Waals surface area contributed by atoms with E-state index < -0.39 is 0 Å². The molecule has 0 radical (unpaired) electrons. The molecule has 20 heavy (non-hydrogen) atoms. The Bertz CT molecular complexity index is 605. The van der Waals surface area contributed by atoms with Gasteiger partial charge in [-0.1, -0.05) is 6.07 Å². The second-order valence-electron chi connectivity index (χ2n) is 6.57. The van der Waals surface area contributed by atoms with Crippen LogP contribution >= 0.6 is 0 Å². The Kier molecular flexibility index (Phi) is 3.27. The van der Waals surface area contributed by atoms with E-state index in [0.717, 1.165) is 5.92 Å². The lowest BCUT2D eigenvalue weighted by molar-refractivity contribution is 0.373. The van der Waals surface area contributed by atoms with Crippen molar-refractivity contribution in [3.63, 3.8) is 0 Å². The normalized spacial score (nSPS) is 20.2. The Morgan fingerprint density at radius 2 is 1.90 bits per heavy atom. The van der Waals surface area contributed by atoms with Crippen LogP contribution in [0.1, 0.15) is 42.5 Å². The molecule has 2 aromatic rings. The fraction of sp³-hybridized carbons (Fsp3) is 0.556. The van der Waals surface area contributed by atoms with E-state index in [2.05, 4.69) is 28.5 Å². The fourth-order valence-electron chi connectivity index (χ4n) is 4.00. The predicted octanol–water partition coefficient (Wildman–Crippen LogP) is 3.59. The van der Waals surface area contributed by atoms with E-state index in [1.165, 1.54) is 80.2 Å². The minimum atomic E-state index is 0.878. The van der Waals surface area contributed by atoms with E-state index in [1.54, 1.807) is 5.56 Å². The molecule has 2 N–H and O–H groups in total. The summed E-state index contributed by atoms with van der Waals surface area (Å²) >= 11 is 0. The van der Waals surface area contributed by atoms with Crippen LogP contribution in [0.3, 0.4) is 0 Å². The molecule has 0 unspecified atom stereocenters. The highest BCUT2D eigenvalue weighted by atomic mass is 14.9. The molecule has 1 aliphatic heterocycles. The van der Waals surface area contributed by atoms with Gasteiger partial charge in [0.25, 0.3) is 0 Å². The summed E-state index contributed by atoms with van der Waals surface area (Å²) in [5.74, 6) is 0.878. The molecule has 0 saturated carbocycles. The van der Waals surface area contributed by atoms with E-state index in [1.807, 2.05) is 0 Å². The summed E-state index contributed by atoms with van der Waals surface area (Å²) in [5, 5.41) is 4.97. The first kappa shape index (κ1) is 12.5. The zero-order valence-electron chi connectivity index (χ0n) is 12.2. The average Bonchev–Trinajstić information content (AvgIpc) is 2.86. The Morgan fingerprint density at radius 1 is 1.05 bits per heavy atom. The predicted molar refractivity (Wildman–Crippen MR) is 84.2 cm³/mol. The molecule has 2 heteroatoms. The molecule has 106 valence electrons. The van der Waals surface area contributed by atoms with Crippen LogP contribution in [0.4, 0.5) is 0 Å². The molecule has 1 saturated heterocycles. The van der Waals surface area contributed by atoms with Gasteiger partial charge in [-0.2, -0.15) is 0 Å². The number of benzene rings is 1. The van der Waals surface area contributed by atoms with Crippen LogP contribution in [0.25, 0.3) is 10.9 Å². The van der Waals surface area contributed by atoms with E-state index >= 15 is 0 Å². The van der Waals surface area contributed by atoms with Crippen LogP contribution in [0.5, 0.6) is 0 Å². The van der Waals surface area contributed by atoms with Crippen molar-refractivity contribution in [3.8, 4) is 0 Å². The van der Waals surface area contributed by atoms with E-state index in [4.69, 9.17) is 0 Å². The van der Waals surface area contributed by atoms with Crippen molar-refractivity contribution in [2.45, 2.75) is 44.9 Å². The van der Waals surface area contributed by atoms with Gasteiger partial charge in [0.1, 0.15) is 0 Å². The number of rotatable bonds is 2. The summed E-state index contributed by atoms with van der Waals surface area (Å²) in [7, 11) is 0. The fourth-order valence-corrected chi connectivity index (χ4v) is 4.00. The monoisotopic (exact) mass is 268 g/mol. The van der Waals surface area contributed by atoms with Crippen molar-refractivity contribution in [2.24, 2.45) is 5.92 Å². The molecule has 0 amide bonds. The van der Waals surface area contributed by atoms with E-state index in [-0.39, 0.29) is 0 Å². The highest BCUT2D eigenvalue weighted by molar-refractivity contribution is 5.85. The number of nitrogens with one attached hydrogen (secondary N) is 2. The lowest BCUT2D eigenvalue weighted by Crippen LogP contribution is -2.28. The van der Waals surface area contributed by atoms with Crippen LogP contribution in [-0.2, 0) is 19.3 Å². The lowest BCUT2D eigenvalue weighted by atomic mass is 9.89. The van der Waals surface area contributed by atoms with Crippen LogP contribution in [0, 0.1) is 5.92 Å². The van der Waals surface area contributed by atoms with E-state index in [0.29, 0.717) is 0 Å². The highest BCUT2D eigenvalue weighted by Crippen LogP contribution is 2.30. The molecule has 2 heterocycles. The van der Waals surface area contributed by atoms with Crippen molar-refractivity contribution >= 4 is 10.9 Å². The number of fused-ring (bicyclic) bond motifs is 3. The minimum Gasteiger partial charge on any atom is -0.358 e. The first-order valence-electron chi connectivity index (χ1n) is 8.23. The number of hydrogen-bond acceptors (Lipinski definition) is 1. The first-order valence-corrected chi connectivity index (χ1v) is 8.23. The largest absolute Gasteiger partial charge is 0.358 e. The van der Waals surface area contributed by atoms with E-state index in [9.17, 15) is 0 Å². The summed E-state index contributed by atoms with van der Waals surface area (Å²) in [4.78, 5) is 3.64. The topological polar surface area (TPSA) is 27.8 Å². The zero-order valence-corrected chi connectivity index (χ0v) is 12.2. The summed E-state index contributed by atoms with van der Waals surface area (Å²) in [5.41, 5.74) is 6.01. The van der Waals surface area contributed by atoms with Crippen LogP contribution in [0.15, 0.2) is 18.2 Å². The highest BCUT2D eigenvalue weighted by Gasteiger charge is 2.17. The smallest absolute Gasteiger partial charge is 0.0459 e. The third-order valence-electron chi connectivity index (χ3n) is 5.15. The van der Waals surface area contributed by atoms with Crippen LogP contribution < -0.4 is 5.32 Å². The summed E-state index contributed by atoms with van der Waals surface area (Å²) < 4.78 is 0. The van der Waals surface area contributed by atoms with Crippen LogP contribution in [0.2, 0.25) is 0 Å². The van der Waals surface area contributed by atoms with Gasteiger partial charge in [-0.25, -0.2) is 0 Å². The van der Waals surface area contributed by atoms with Crippen molar-refractivity contribution in [1.82, 2.24) is 10.3 Å². The van der Waals surface area contributed by atoms with Crippen molar-refractivity contribution in [2.75, 3.05) is 13.1 Å². The molecule has 0 spiro atoms. The maximum atomic E-state index is 3.64. The maximum absolute atomic E-state index is 3.64. The zero-order chi connectivity index (χ0) is 13.4. The number of aryl methyl sites for hydroxylation is 2. The number of aromatic nitrogens is 1. The SMILES string of the molecule is c1cc2[nH]c3c(c2cc1CC1CCNCC1)CCCC3. The molecule has 4 rings (SSSR count). The Hall–Kier alpha value is -1.28. The molecule has 1 aliphatic carbocycles. The van der Waals surface area contributed by atoms with Gasteiger partial charge in [0, 0.05) is 16.6 Å². The Morgan fingerprint density at radius 3 is 2.80 bits per heavy atom. The van der Waals surface area contributed by atoms with Gasteiger partial charge >= 0.3 is 0 Å². The van der Waals surface area contributed by atoms with Gasteiger partial charge in [0.2, 0.25) is 0 Å². The third-order valence-corrected chi connectivity index (χ3v) is 5.15. The Labute approximate surface area is 121 Å².